The van der Waals surface area contributed by atoms with E-state index in [0.29, 0.717) is 12.0 Å². The molecule has 1 N–H and O–H groups in total. The van der Waals surface area contributed by atoms with Gasteiger partial charge in [0.15, 0.2) is 0 Å². The summed E-state index contributed by atoms with van der Waals surface area (Å²) in [6, 6.07) is 2.52. The molecule has 0 aromatic carbocycles. The maximum Gasteiger partial charge on any atom is 0.0836 e. The molecule has 1 aliphatic heterocycles. The van der Waals surface area contributed by atoms with Gasteiger partial charge >= 0.3 is 0 Å². The van der Waals surface area contributed by atoms with Crippen LogP contribution in [-0.2, 0) is 6.61 Å². The number of nitrogens with zero attached hydrogens (tertiary/aromatic N) is 2. The zero-order valence-corrected chi connectivity index (χ0v) is 10.3. The summed E-state index contributed by atoms with van der Waals surface area (Å²) in [5, 5.41) is 9.35. The molecule has 3 nitrogen and oxygen atoms in total. The van der Waals surface area contributed by atoms with Gasteiger partial charge < -0.3 is 9.67 Å². The van der Waals surface area contributed by atoms with Crippen LogP contribution in [0.1, 0.15) is 42.8 Å². The Morgan fingerprint density at radius 3 is 2.81 bits per heavy atom. The lowest BCUT2D eigenvalue weighted by molar-refractivity contribution is 0.226. The summed E-state index contributed by atoms with van der Waals surface area (Å²) < 4.78 is 2.05. The maximum atomic E-state index is 9.35. The molecule has 2 heterocycles. The Kier molecular flexibility index (Phi) is 2.91. The van der Waals surface area contributed by atoms with E-state index in [2.05, 4.69) is 38.4 Å². The topological polar surface area (TPSA) is 28.4 Å². The van der Waals surface area contributed by atoms with Gasteiger partial charge in [-0.25, -0.2) is 0 Å². The minimum atomic E-state index is 0.0716. The van der Waals surface area contributed by atoms with E-state index in [9.17, 15) is 5.11 Å². The highest BCUT2D eigenvalue weighted by Crippen LogP contribution is 2.37. The second kappa shape index (κ2) is 4.07. The number of aliphatic hydroxyl groups is 1. The predicted molar refractivity (Wildman–Crippen MR) is 66.2 cm³/mol. The molecule has 0 saturated heterocycles. The van der Waals surface area contributed by atoms with Crippen LogP contribution in [0.4, 0.5) is 0 Å². The molecule has 3 heteroatoms. The van der Waals surface area contributed by atoms with E-state index in [-0.39, 0.29) is 6.61 Å². The molecule has 0 radical (unpaired) electrons. The lowest BCUT2D eigenvalue weighted by Crippen LogP contribution is -2.32. The van der Waals surface area contributed by atoms with E-state index in [1.165, 1.54) is 11.3 Å². The third-order valence-electron chi connectivity index (χ3n) is 3.67. The fourth-order valence-electron chi connectivity index (χ4n) is 2.72. The molecule has 88 valence electrons. The Labute approximate surface area is 97.0 Å². The first kappa shape index (κ1) is 11.4. The Morgan fingerprint density at radius 2 is 2.25 bits per heavy atom. The SMILES string of the molecule is C=Cn1c(CO)cc2c1C(C)CN(C)C2C. The van der Waals surface area contributed by atoms with Crippen molar-refractivity contribution in [2.75, 3.05) is 13.6 Å². The van der Waals surface area contributed by atoms with Crippen molar-refractivity contribution in [1.29, 1.82) is 0 Å². The fourth-order valence-corrected chi connectivity index (χ4v) is 2.72. The minimum absolute atomic E-state index is 0.0716. The highest BCUT2D eigenvalue weighted by atomic mass is 16.3. The summed E-state index contributed by atoms with van der Waals surface area (Å²) in [5.74, 6) is 0.481. The van der Waals surface area contributed by atoms with Crippen LogP contribution in [0, 0.1) is 0 Å². The van der Waals surface area contributed by atoms with Crippen molar-refractivity contribution in [2.45, 2.75) is 32.4 Å². The molecule has 2 unspecified atom stereocenters. The first-order valence-corrected chi connectivity index (χ1v) is 5.77. The van der Waals surface area contributed by atoms with Crippen LogP contribution >= 0.6 is 0 Å². The molecule has 0 saturated carbocycles. The molecule has 16 heavy (non-hydrogen) atoms. The van der Waals surface area contributed by atoms with Gasteiger partial charge in [0.2, 0.25) is 0 Å². The first-order valence-electron chi connectivity index (χ1n) is 5.77. The Morgan fingerprint density at radius 1 is 1.56 bits per heavy atom. The zero-order chi connectivity index (χ0) is 11.9. The van der Waals surface area contributed by atoms with E-state index in [4.69, 9.17) is 0 Å². The summed E-state index contributed by atoms with van der Waals surface area (Å²) in [6.07, 6.45) is 1.80. The monoisotopic (exact) mass is 220 g/mol. The Hall–Kier alpha value is -1.06. The van der Waals surface area contributed by atoms with Gasteiger partial charge in [0.25, 0.3) is 0 Å². The van der Waals surface area contributed by atoms with E-state index in [0.717, 1.165) is 12.2 Å². The highest BCUT2D eigenvalue weighted by molar-refractivity contribution is 5.42. The molecule has 0 fully saturated rings. The van der Waals surface area contributed by atoms with E-state index in [1.54, 1.807) is 6.20 Å². The molecular formula is C13H20N2O. The third kappa shape index (κ3) is 1.51. The van der Waals surface area contributed by atoms with Crippen molar-refractivity contribution < 1.29 is 5.11 Å². The van der Waals surface area contributed by atoms with Crippen LogP contribution in [0.2, 0.25) is 0 Å². The predicted octanol–water partition coefficient (Wildman–Crippen LogP) is 2.19. The maximum absolute atomic E-state index is 9.35. The van der Waals surface area contributed by atoms with Gasteiger partial charge in [-0.2, -0.15) is 0 Å². The van der Waals surface area contributed by atoms with Gasteiger partial charge in [0, 0.05) is 36.1 Å². The fraction of sp³-hybridized carbons (Fsp3) is 0.538. The molecule has 0 spiro atoms. The van der Waals surface area contributed by atoms with Gasteiger partial charge in [-0.05, 0) is 25.6 Å². The van der Waals surface area contributed by atoms with Gasteiger partial charge in [-0.1, -0.05) is 13.5 Å². The summed E-state index contributed by atoms with van der Waals surface area (Å²) >= 11 is 0. The van der Waals surface area contributed by atoms with Crippen LogP contribution < -0.4 is 0 Å². The minimum Gasteiger partial charge on any atom is -0.390 e. The summed E-state index contributed by atoms with van der Waals surface area (Å²) in [7, 11) is 2.15. The largest absolute Gasteiger partial charge is 0.390 e. The average molecular weight is 220 g/mol. The molecule has 0 aliphatic carbocycles. The Balaban J connectivity index is 2.59. The summed E-state index contributed by atoms with van der Waals surface area (Å²) in [5.41, 5.74) is 3.57. The second-order valence-electron chi connectivity index (χ2n) is 4.70. The van der Waals surface area contributed by atoms with E-state index < -0.39 is 0 Å². The number of aliphatic hydroxyl groups excluding tert-OH is 1. The van der Waals surface area contributed by atoms with Crippen LogP contribution in [0.5, 0.6) is 0 Å². The summed E-state index contributed by atoms with van der Waals surface area (Å²) in [6.45, 7) is 9.39. The smallest absolute Gasteiger partial charge is 0.0836 e. The number of hydrogen-bond donors (Lipinski definition) is 1. The molecule has 2 rings (SSSR count). The average Bonchev–Trinajstić information content (AvgIpc) is 2.64. The van der Waals surface area contributed by atoms with Crippen molar-refractivity contribution in [3.63, 3.8) is 0 Å². The van der Waals surface area contributed by atoms with Gasteiger partial charge in [-0.3, -0.25) is 4.90 Å². The summed E-state index contributed by atoms with van der Waals surface area (Å²) in [4.78, 5) is 2.35. The van der Waals surface area contributed by atoms with Crippen molar-refractivity contribution in [3.05, 3.63) is 29.6 Å². The van der Waals surface area contributed by atoms with E-state index >= 15 is 0 Å². The van der Waals surface area contributed by atoms with Crippen molar-refractivity contribution in [2.24, 2.45) is 0 Å². The molecular weight excluding hydrogens is 200 g/mol. The molecule has 1 aliphatic rings. The molecule has 0 bridgehead atoms. The number of rotatable bonds is 2. The number of aromatic nitrogens is 1. The van der Waals surface area contributed by atoms with Gasteiger partial charge in [-0.15, -0.1) is 0 Å². The second-order valence-corrected chi connectivity index (χ2v) is 4.70. The Bertz CT molecular complexity index is 408. The highest BCUT2D eigenvalue weighted by Gasteiger charge is 2.29. The van der Waals surface area contributed by atoms with Crippen LogP contribution in [0.3, 0.4) is 0 Å². The molecule has 0 amide bonds. The van der Waals surface area contributed by atoms with Crippen LogP contribution in [0.25, 0.3) is 6.20 Å². The van der Waals surface area contributed by atoms with Crippen molar-refractivity contribution in [1.82, 2.24) is 9.47 Å². The van der Waals surface area contributed by atoms with Gasteiger partial charge in [0.05, 0.1) is 6.61 Å². The molecule has 2 atom stereocenters. The lowest BCUT2D eigenvalue weighted by Gasteiger charge is -2.34. The molecule has 1 aromatic heterocycles. The van der Waals surface area contributed by atoms with Crippen LogP contribution in [-0.4, -0.2) is 28.2 Å². The third-order valence-corrected chi connectivity index (χ3v) is 3.67. The van der Waals surface area contributed by atoms with Crippen molar-refractivity contribution in [3.8, 4) is 0 Å². The number of likely N-dealkylation sites (N-methyl/N-ethyl adjacent to an activating group) is 1. The standard InChI is InChI=1S/C13H20N2O/c1-5-15-11(8-16)6-12-10(3)14(4)7-9(2)13(12)15/h5-6,9-10,16H,1,7-8H2,2-4H3. The zero-order valence-electron chi connectivity index (χ0n) is 10.3. The van der Waals surface area contributed by atoms with Gasteiger partial charge in [0.1, 0.15) is 0 Å². The van der Waals surface area contributed by atoms with Crippen molar-refractivity contribution >= 4 is 6.20 Å². The molecule has 1 aromatic rings. The van der Waals surface area contributed by atoms with E-state index in [1.807, 2.05) is 4.57 Å². The lowest BCUT2D eigenvalue weighted by atomic mass is 9.93. The number of fused-ring (bicyclic) bond motifs is 1. The number of hydrogen-bond acceptors (Lipinski definition) is 2. The first-order chi connectivity index (χ1) is 7.60. The normalized spacial score (nSPS) is 25.5. The van der Waals surface area contributed by atoms with Crippen LogP contribution in [0.15, 0.2) is 12.6 Å². The quantitative estimate of drug-likeness (QED) is 0.827.